The number of aliphatic hydroxyl groups is 1. The molecule has 172 valence electrons. The van der Waals surface area contributed by atoms with Crippen LogP contribution in [0, 0.1) is 0 Å². The number of esters is 1. The number of amides is 1. The van der Waals surface area contributed by atoms with Crippen molar-refractivity contribution in [2.45, 2.75) is 30.9 Å². The molecule has 0 spiro atoms. The van der Waals surface area contributed by atoms with Crippen molar-refractivity contribution in [3.8, 4) is 11.1 Å². The van der Waals surface area contributed by atoms with Gasteiger partial charge in [-0.25, -0.2) is 9.59 Å². The highest BCUT2D eigenvalue weighted by Gasteiger charge is 2.30. The maximum atomic E-state index is 12.5. The molecule has 9 heteroatoms. The number of hydrogen-bond donors (Lipinski definition) is 2. The fourth-order valence-corrected chi connectivity index (χ4v) is 3.85. The zero-order chi connectivity index (χ0) is 23.6. The summed E-state index contributed by atoms with van der Waals surface area (Å²) in [4.78, 5) is 27.5. The number of aliphatic hydroxyl groups excluding tert-OH is 1. The van der Waals surface area contributed by atoms with Crippen LogP contribution < -0.4 is 5.32 Å². The van der Waals surface area contributed by atoms with Crippen molar-refractivity contribution >= 4 is 12.1 Å². The molecule has 0 bridgehead atoms. The van der Waals surface area contributed by atoms with Crippen LogP contribution in [0.4, 0.5) is 4.79 Å². The lowest BCUT2D eigenvalue weighted by atomic mass is 9.98. The minimum atomic E-state index is -1.03. The molecule has 2 aromatic carbocycles. The van der Waals surface area contributed by atoms with Gasteiger partial charge in [0.2, 0.25) is 0 Å². The van der Waals surface area contributed by atoms with Crippen LogP contribution in [0.3, 0.4) is 0 Å². The first-order chi connectivity index (χ1) is 16.0. The quantitative estimate of drug-likeness (QED) is 0.175. The van der Waals surface area contributed by atoms with Crippen molar-refractivity contribution in [3.05, 3.63) is 82.8 Å². The van der Waals surface area contributed by atoms with E-state index in [-0.39, 0.29) is 38.5 Å². The Labute approximate surface area is 191 Å². The number of rotatable bonds is 11. The van der Waals surface area contributed by atoms with Crippen LogP contribution in [0.25, 0.3) is 21.6 Å². The molecule has 0 radical (unpaired) electrons. The molecule has 0 saturated carbocycles. The Bertz CT molecular complexity index is 1010. The molecular formula is C24H26N4O5. The standard InChI is InChI=1S/C24H26N4O5/c1-2-13-32-23(30)22(12-11-16(29)14-26-28-25)27-24(31)33-15-21-19-9-5-3-7-17(19)18-8-4-6-10-20(18)21/h2-10,16,21-22,29H,1,11-15H2,(H,27,31)/t16-,22+/m1/s1. The summed E-state index contributed by atoms with van der Waals surface area (Å²) in [5.41, 5.74) is 12.7. The van der Waals surface area contributed by atoms with Crippen molar-refractivity contribution in [2.24, 2.45) is 5.11 Å². The predicted molar refractivity (Wildman–Crippen MR) is 122 cm³/mol. The number of hydrogen-bond acceptors (Lipinski definition) is 6. The van der Waals surface area contributed by atoms with Gasteiger partial charge in [0.25, 0.3) is 0 Å². The smallest absolute Gasteiger partial charge is 0.407 e. The molecule has 0 aliphatic heterocycles. The molecule has 0 fully saturated rings. The van der Waals surface area contributed by atoms with Gasteiger partial charge in [0.05, 0.1) is 12.6 Å². The fraction of sp³-hybridized carbons (Fsp3) is 0.333. The van der Waals surface area contributed by atoms with Crippen LogP contribution in [0.5, 0.6) is 0 Å². The van der Waals surface area contributed by atoms with E-state index in [2.05, 4.69) is 21.9 Å². The molecule has 2 atom stereocenters. The van der Waals surface area contributed by atoms with Crippen molar-refractivity contribution < 1.29 is 24.2 Å². The van der Waals surface area contributed by atoms with E-state index in [1.165, 1.54) is 6.08 Å². The molecule has 2 aromatic rings. The van der Waals surface area contributed by atoms with Crippen LogP contribution >= 0.6 is 0 Å². The first-order valence-electron chi connectivity index (χ1n) is 10.6. The van der Waals surface area contributed by atoms with Gasteiger partial charge in [0.15, 0.2) is 0 Å². The van der Waals surface area contributed by atoms with E-state index in [1.54, 1.807) is 0 Å². The SMILES string of the molecule is C=CCOC(=O)[C@H](CC[C@@H](O)CN=[N+]=[N-])NC(=O)OCC1c2ccccc2-c2ccccc21. The van der Waals surface area contributed by atoms with E-state index in [1.807, 2.05) is 48.5 Å². The first-order valence-corrected chi connectivity index (χ1v) is 10.6. The lowest BCUT2D eigenvalue weighted by Crippen LogP contribution is -2.43. The summed E-state index contributed by atoms with van der Waals surface area (Å²) in [6, 6.07) is 14.9. The molecule has 1 aliphatic carbocycles. The lowest BCUT2D eigenvalue weighted by Gasteiger charge is -2.20. The van der Waals surface area contributed by atoms with Gasteiger partial charge in [-0.3, -0.25) is 0 Å². The van der Waals surface area contributed by atoms with Crippen LogP contribution in [-0.4, -0.2) is 49.1 Å². The van der Waals surface area contributed by atoms with Crippen molar-refractivity contribution in [3.63, 3.8) is 0 Å². The zero-order valence-electron chi connectivity index (χ0n) is 18.1. The van der Waals surface area contributed by atoms with Gasteiger partial charge in [-0.2, -0.15) is 0 Å². The lowest BCUT2D eigenvalue weighted by molar-refractivity contribution is -0.145. The Hall–Kier alpha value is -3.81. The minimum Gasteiger partial charge on any atom is -0.460 e. The van der Waals surface area contributed by atoms with Gasteiger partial charge in [0, 0.05) is 10.8 Å². The molecular weight excluding hydrogens is 424 g/mol. The third-order valence-corrected chi connectivity index (χ3v) is 5.41. The van der Waals surface area contributed by atoms with Gasteiger partial charge in [-0.05, 0) is 40.6 Å². The van der Waals surface area contributed by atoms with Crippen molar-refractivity contribution in [1.29, 1.82) is 0 Å². The summed E-state index contributed by atoms with van der Waals surface area (Å²) >= 11 is 0. The average Bonchev–Trinajstić information content (AvgIpc) is 3.16. The largest absolute Gasteiger partial charge is 0.460 e. The van der Waals surface area contributed by atoms with Gasteiger partial charge in [-0.1, -0.05) is 66.3 Å². The number of nitrogens with zero attached hydrogens (tertiary/aromatic N) is 3. The molecule has 2 N–H and O–H groups in total. The number of alkyl carbamates (subject to hydrolysis) is 1. The van der Waals surface area contributed by atoms with E-state index >= 15 is 0 Å². The summed E-state index contributed by atoms with van der Waals surface area (Å²) in [5.74, 6) is -0.778. The summed E-state index contributed by atoms with van der Waals surface area (Å²) in [7, 11) is 0. The molecule has 3 rings (SSSR count). The van der Waals surface area contributed by atoms with E-state index in [9.17, 15) is 14.7 Å². The summed E-state index contributed by atoms with van der Waals surface area (Å²) in [5, 5.41) is 15.7. The second kappa shape index (κ2) is 11.7. The van der Waals surface area contributed by atoms with Crippen LogP contribution in [-0.2, 0) is 14.3 Å². The molecule has 1 amide bonds. The Kier molecular flexibility index (Phi) is 8.46. The normalized spacial score (nSPS) is 13.6. The fourth-order valence-electron chi connectivity index (χ4n) is 3.85. The van der Waals surface area contributed by atoms with Gasteiger partial charge >= 0.3 is 12.1 Å². The Balaban J connectivity index is 1.63. The molecule has 9 nitrogen and oxygen atoms in total. The molecule has 0 heterocycles. The van der Waals surface area contributed by atoms with Crippen molar-refractivity contribution in [1.82, 2.24) is 5.32 Å². The predicted octanol–water partition coefficient (Wildman–Crippen LogP) is 4.07. The second-order valence-corrected chi connectivity index (χ2v) is 7.59. The molecule has 1 aliphatic rings. The number of carbonyl (C=O) groups excluding carboxylic acids is 2. The zero-order valence-corrected chi connectivity index (χ0v) is 18.1. The van der Waals surface area contributed by atoms with Crippen LogP contribution in [0.15, 0.2) is 66.3 Å². The monoisotopic (exact) mass is 450 g/mol. The number of fused-ring (bicyclic) bond motifs is 3. The molecule has 0 aromatic heterocycles. The van der Waals surface area contributed by atoms with Crippen molar-refractivity contribution in [2.75, 3.05) is 19.8 Å². The maximum Gasteiger partial charge on any atom is 0.407 e. The van der Waals surface area contributed by atoms with Gasteiger partial charge in [0.1, 0.15) is 19.3 Å². The molecule has 0 unspecified atom stereocenters. The summed E-state index contributed by atoms with van der Waals surface area (Å²) < 4.78 is 10.5. The number of ether oxygens (including phenoxy) is 2. The highest BCUT2D eigenvalue weighted by atomic mass is 16.6. The average molecular weight is 450 g/mol. The summed E-state index contributed by atoms with van der Waals surface area (Å²) in [6.45, 7) is 3.46. The number of benzene rings is 2. The number of nitrogens with one attached hydrogen (secondary N) is 1. The van der Waals surface area contributed by atoms with Gasteiger partial charge < -0.3 is 19.9 Å². The Morgan fingerprint density at radius 3 is 2.36 bits per heavy atom. The molecule has 0 saturated heterocycles. The van der Waals surface area contributed by atoms with Crippen LogP contribution in [0.2, 0.25) is 0 Å². The van der Waals surface area contributed by atoms with Crippen LogP contribution in [0.1, 0.15) is 29.9 Å². The third-order valence-electron chi connectivity index (χ3n) is 5.41. The maximum absolute atomic E-state index is 12.5. The Morgan fingerprint density at radius 1 is 1.12 bits per heavy atom. The van der Waals surface area contributed by atoms with E-state index in [0.29, 0.717) is 0 Å². The number of carbonyl (C=O) groups is 2. The third kappa shape index (κ3) is 6.12. The Morgan fingerprint density at radius 2 is 1.76 bits per heavy atom. The molecule has 33 heavy (non-hydrogen) atoms. The van der Waals surface area contributed by atoms with Gasteiger partial charge in [-0.15, -0.1) is 0 Å². The van der Waals surface area contributed by atoms with E-state index in [0.717, 1.165) is 22.3 Å². The highest BCUT2D eigenvalue weighted by Crippen LogP contribution is 2.44. The first kappa shape index (κ1) is 23.8. The number of azide groups is 1. The topological polar surface area (TPSA) is 134 Å². The second-order valence-electron chi connectivity index (χ2n) is 7.59. The highest BCUT2D eigenvalue weighted by molar-refractivity contribution is 5.82. The van der Waals surface area contributed by atoms with E-state index < -0.39 is 24.2 Å². The summed E-state index contributed by atoms with van der Waals surface area (Å²) in [6.07, 6.45) is -0.0840. The van der Waals surface area contributed by atoms with E-state index in [4.69, 9.17) is 15.0 Å². The minimum absolute atomic E-state index is 0.0109.